The number of benzene rings is 2. The summed E-state index contributed by atoms with van der Waals surface area (Å²) in [5.41, 5.74) is 2.34. The van der Waals surface area contributed by atoms with E-state index in [1.165, 1.54) is 11.8 Å². The molecule has 0 aliphatic carbocycles. The fraction of sp³-hybridized carbons (Fsp3) is 0.0952. The number of nitrogens with zero attached hydrogens (tertiary/aromatic N) is 1. The van der Waals surface area contributed by atoms with E-state index in [0.29, 0.717) is 17.1 Å². The summed E-state index contributed by atoms with van der Waals surface area (Å²) >= 11 is 1.40. The van der Waals surface area contributed by atoms with E-state index in [2.05, 4.69) is 15.6 Å². The first-order chi connectivity index (χ1) is 13.1. The molecule has 0 saturated heterocycles. The minimum absolute atomic E-state index is 0.132. The number of carbonyl (C=O) groups excluding carboxylic acids is 2. The molecule has 0 fully saturated rings. The van der Waals surface area contributed by atoms with Crippen molar-refractivity contribution < 1.29 is 9.59 Å². The van der Waals surface area contributed by atoms with Crippen LogP contribution in [0.5, 0.6) is 0 Å². The maximum absolute atomic E-state index is 12.4. The van der Waals surface area contributed by atoms with E-state index < -0.39 is 0 Å². The first-order valence-corrected chi connectivity index (χ1v) is 9.40. The Kier molecular flexibility index (Phi) is 6.22. The van der Waals surface area contributed by atoms with Crippen molar-refractivity contribution in [3.8, 4) is 0 Å². The summed E-state index contributed by atoms with van der Waals surface area (Å²) in [6.45, 7) is 1.95. The first-order valence-electron chi connectivity index (χ1n) is 8.42. The molecule has 2 N–H and O–H groups in total. The molecule has 1 heterocycles. The van der Waals surface area contributed by atoms with Crippen LogP contribution in [0, 0.1) is 6.92 Å². The highest BCUT2D eigenvalue weighted by molar-refractivity contribution is 8.00. The topological polar surface area (TPSA) is 71.1 Å². The molecule has 2 amide bonds. The van der Waals surface area contributed by atoms with Gasteiger partial charge in [0.15, 0.2) is 0 Å². The Labute approximate surface area is 162 Å². The van der Waals surface area contributed by atoms with Crippen molar-refractivity contribution in [2.45, 2.75) is 11.8 Å². The van der Waals surface area contributed by atoms with Crippen LogP contribution in [-0.2, 0) is 4.79 Å². The molecule has 0 bridgehead atoms. The van der Waals surface area contributed by atoms with Gasteiger partial charge in [0, 0.05) is 22.3 Å². The Morgan fingerprint density at radius 2 is 1.81 bits per heavy atom. The number of carbonyl (C=O) groups is 2. The maximum atomic E-state index is 12.4. The molecule has 5 nitrogen and oxygen atoms in total. The molecule has 0 unspecified atom stereocenters. The van der Waals surface area contributed by atoms with Crippen molar-refractivity contribution in [1.29, 1.82) is 0 Å². The number of hydrogen-bond acceptors (Lipinski definition) is 4. The maximum Gasteiger partial charge on any atom is 0.255 e. The zero-order valence-corrected chi connectivity index (χ0v) is 15.6. The van der Waals surface area contributed by atoms with Gasteiger partial charge in [0.1, 0.15) is 5.82 Å². The molecule has 6 heteroatoms. The van der Waals surface area contributed by atoms with Gasteiger partial charge < -0.3 is 10.6 Å². The highest BCUT2D eigenvalue weighted by Gasteiger charge is 2.08. The number of amides is 2. The van der Waals surface area contributed by atoms with E-state index in [-0.39, 0.29) is 17.6 Å². The molecule has 0 saturated carbocycles. The van der Waals surface area contributed by atoms with Crippen LogP contribution in [0.15, 0.2) is 77.8 Å². The fourth-order valence-electron chi connectivity index (χ4n) is 2.42. The molecule has 0 aliphatic heterocycles. The van der Waals surface area contributed by atoms with Crippen molar-refractivity contribution in [1.82, 2.24) is 4.98 Å². The molecular formula is C21H19N3O2S. The van der Waals surface area contributed by atoms with E-state index in [4.69, 9.17) is 0 Å². The van der Waals surface area contributed by atoms with E-state index in [1.54, 1.807) is 24.4 Å². The second-order valence-corrected chi connectivity index (χ2v) is 6.95. The number of anilines is 2. The fourth-order valence-corrected chi connectivity index (χ4v) is 3.17. The van der Waals surface area contributed by atoms with Gasteiger partial charge in [0.05, 0.1) is 5.75 Å². The monoisotopic (exact) mass is 377 g/mol. The first kappa shape index (κ1) is 18.7. The van der Waals surface area contributed by atoms with Gasteiger partial charge in [-0.3, -0.25) is 9.59 Å². The SMILES string of the molecule is Cc1cccc(C(=O)Nc2cccc(SCC(=O)Nc3ccccn3)c2)c1. The van der Waals surface area contributed by atoms with Gasteiger partial charge in [0.25, 0.3) is 5.91 Å². The smallest absolute Gasteiger partial charge is 0.255 e. The van der Waals surface area contributed by atoms with E-state index >= 15 is 0 Å². The van der Waals surface area contributed by atoms with Gasteiger partial charge in [-0.25, -0.2) is 4.98 Å². The summed E-state index contributed by atoms with van der Waals surface area (Å²) in [5.74, 6) is 0.496. The van der Waals surface area contributed by atoms with Crippen LogP contribution in [-0.4, -0.2) is 22.6 Å². The molecule has 136 valence electrons. The Balaban J connectivity index is 1.57. The van der Waals surface area contributed by atoms with E-state index in [0.717, 1.165) is 10.5 Å². The average molecular weight is 377 g/mol. The number of hydrogen-bond donors (Lipinski definition) is 2. The van der Waals surface area contributed by atoms with Crippen molar-refractivity contribution in [2.24, 2.45) is 0 Å². The number of aryl methyl sites for hydroxylation is 1. The average Bonchev–Trinajstić information content (AvgIpc) is 2.67. The zero-order valence-electron chi connectivity index (χ0n) is 14.8. The Hall–Kier alpha value is -3.12. The molecule has 0 spiro atoms. The third-order valence-corrected chi connectivity index (χ3v) is 4.67. The lowest BCUT2D eigenvalue weighted by atomic mass is 10.1. The van der Waals surface area contributed by atoms with Gasteiger partial charge in [-0.1, -0.05) is 29.8 Å². The lowest BCUT2D eigenvalue weighted by molar-refractivity contribution is -0.113. The number of pyridine rings is 1. The van der Waals surface area contributed by atoms with Gasteiger partial charge in [-0.2, -0.15) is 0 Å². The van der Waals surface area contributed by atoms with Gasteiger partial charge in [-0.05, 0) is 49.4 Å². The summed E-state index contributed by atoms with van der Waals surface area (Å²) in [5, 5.41) is 5.64. The lowest BCUT2D eigenvalue weighted by Crippen LogP contribution is -2.14. The standard InChI is InChI=1S/C21H19N3O2S/c1-15-6-4-7-16(12-15)21(26)23-17-8-5-9-18(13-17)27-14-20(25)24-19-10-2-3-11-22-19/h2-13H,14H2,1H3,(H,23,26)(H,22,24,25). The second kappa shape index (κ2) is 9.00. The summed E-state index contributed by atoms with van der Waals surface area (Å²) < 4.78 is 0. The Morgan fingerprint density at radius 1 is 0.963 bits per heavy atom. The van der Waals surface area contributed by atoms with Gasteiger partial charge in [-0.15, -0.1) is 11.8 Å². The summed E-state index contributed by atoms with van der Waals surface area (Å²) in [4.78, 5) is 29.3. The Morgan fingerprint density at radius 3 is 2.59 bits per heavy atom. The van der Waals surface area contributed by atoms with Gasteiger partial charge >= 0.3 is 0 Å². The third kappa shape index (κ3) is 5.69. The Bertz CT molecular complexity index is 945. The van der Waals surface area contributed by atoms with Crippen LogP contribution in [0.25, 0.3) is 0 Å². The molecule has 27 heavy (non-hydrogen) atoms. The van der Waals surface area contributed by atoms with Crippen LogP contribution in [0.2, 0.25) is 0 Å². The highest BCUT2D eigenvalue weighted by atomic mass is 32.2. The normalized spacial score (nSPS) is 10.3. The number of nitrogens with one attached hydrogen (secondary N) is 2. The predicted molar refractivity (Wildman–Crippen MR) is 109 cm³/mol. The molecule has 1 aromatic heterocycles. The van der Waals surface area contributed by atoms with Crippen LogP contribution >= 0.6 is 11.8 Å². The van der Waals surface area contributed by atoms with Crippen molar-refractivity contribution in [3.63, 3.8) is 0 Å². The second-order valence-electron chi connectivity index (χ2n) is 5.90. The summed E-state index contributed by atoms with van der Waals surface area (Å²) in [6.07, 6.45) is 1.63. The van der Waals surface area contributed by atoms with Crippen LogP contribution < -0.4 is 10.6 Å². The zero-order chi connectivity index (χ0) is 19.1. The summed E-state index contributed by atoms with van der Waals surface area (Å²) in [7, 11) is 0. The largest absolute Gasteiger partial charge is 0.322 e. The summed E-state index contributed by atoms with van der Waals surface area (Å²) in [6, 6.07) is 20.2. The minimum Gasteiger partial charge on any atom is -0.322 e. The van der Waals surface area contributed by atoms with Gasteiger partial charge in [0.2, 0.25) is 5.91 Å². The molecular weight excluding hydrogens is 358 g/mol. The molecule has 0 radical (unpaired) electrons. The van der Waals surface area contributed by atoms with Crippen molar-refractivity contribution in [2.75, 3.05) is 16.4 Å². The molecule has 0 atom stereocenters. The lowest BCUT2D eigenvalue weighted by Gasteiger charge is -2.08. The minimum atomic E-state index is -0.159. The number of aromatic nitrogens is 1. The van der Waals surface area contributed by atoms with Crippen molar-refractivity contribution >= 4 is 35.1 Å². The molecule has 2 aromatic carbocycles. The van der Waals surface area contributed by atoms with Crippen LogP contribution in [0.1, 0.15) is 15.9 Å². The molecule has 0 aliphatic rings. The van der Waals surface area contributed by atoms with Crippen LogP contribution in [0.3, 0.4) is 0 Å². The molecule has 3 aromatic rings. The molecule has 3 rings (SSSR count). The highest BCUT2D eigenvalue weighted by Crippen LogP contribution is 2.22. The third-order valence-electron chi connectivity index (χ3n) is 3.67. The van der Waals surface area contributed by atoms with Crippen molar-refractivity contribution in [3.05, 3.63) is 84.1 Å². The van der Waals surface area contributed by atoms with E-state index in [9.17, 15) is 9.59 Å². The number of rotatable bonds is 6. The quantitative estimate of drug-likeness (QED) is 0.626. The predicted octanol–water partition coefficient (Wildman–Crippen LogP) is 4.37. The number of thioether (sulfide) groups is 1. The van der Waals surface area contributed by atoms with Crippen LogP contribution in [0.4, 0.5) is 11.5 Å². The van der Waals surface area contributed by atoms with E-state index in [1.807, 2.05) is 55.5 Å².